The maximum atomic E-state index is 7.34. The van der Waals surface area contributed by atoms with Gasteiger partial charge in [0, 0.05) is 25.6 Å². The van der Waals surface area contributed by atoms with Gasteiger partial charge in [0.05, 0.1) is 5.84 Å². The third kappa shape index (κ3) is 3.57. The van der Waals surface area contributed by atoms with E-state index in [0.29, 0.717) is 18.3 Å². The van der Waals surface area contributed by atoms with Gasteiger partial charge in [-0.2, -0.15) is 0 Å². The summed E-state index contributed by atoms with van der Waals surface area (Å²) in [6, 6.07) is 7.40. The standard InChI is InChI=1S/C15H23N3/c1-11-3-4-13(9-12(11)2)10-18(14-5-6-14)8-7-15(16)17/h3-4,9,14H,5-8,10H2,1-2H3,(H3,16,17). The molecular formula is C15H23N3. The van der Waals surface area contributed by atoms with Crippen molar-refractivity contribution in [2.75, 3.05) is 6.54 Å². The molecule has 2 rings (SSSR count). The van der Waals surface area contributed by atoms with Crippen molar-refractivity contribution in [3.8, 4) is 0 Å². The van der Waals surface area contributed by atoms with Gasteiger partial charge in [-0.05, 0) is 43.4 Å². The second-order valence-corrected chi connectivity index (χ2v) is 5.40. The van der Waals surface area contributed by atoms with Gasteiger partial charge in [-0.25, -0.2) is 0 Å². The molecule has 1 aliphatic rings. The molecule has 0 aliphatic heterocycles. The zero-order chi connectivity index (χ0) is 13.1. The number of nitrogens with one attached hydrogen (secondary N) is 1. The summed E-state index contributed by atoms with van der Waals surface area (Å²) in [7, 11) is 0. The maximum absolute atomic E-state index is 7.34. The normalized spacial score (nSPS) is 15.1. The van der Waals surface area contributed by atoms with Gasteiger partial charge < -0.3 is 5.73 Å². The predicted octanol–water partition coefficient (Wildman–Crippen LogP) is 2.59. The lowest BCUT2D eigenvalue weighted by Crippen LogP contribution is -2.29. The van der Waals surface area contributed by atoms with Crippen LogP contribution in [0.2, 0.25) is 0 Å². The number of hydrogen-bond acceptors (Lipinski definition) is 2. The van der Waals surface area contributed by atoms with E-state index in [4.69, 9.17) is 11.1 Å². The topological polar surface area (TPSA) is 53.1 Å². The van der Waals surface area contributed by atoms with E-state index in [1.807, 2.05) is 0 Å². The summed E-state index contributed by atoms with van der Waals surface area (Å²) < 4.78 is 0. The molecule has 0 amide bonds. The van der Waals surface area contributed by atoms with Crippen molar-refractivity contribution in [3.05, 3.63) is 34.9 Å². The van der Waals surface area contributed by atoms with Gasteiger partial charge in [-0.3, -0.25) is 10.3 Å². The minimum atomic E-state index is 0.292. The molecule has 1 aromatic rings. The summed E-state index contributed by atoms with van der Waals surface area (Å²) in [5.74, 6) is 0.292. The molecule has 0 heterocycles. The Balaban J connectivity index is 1.99. The molecular weight excluding hydrogens is 222 g/mol. The molecule has 98 valence electrons. The molecule has 1 fully saturated rings. The molecule has 3 nitrogen and oxygen atoms in total. The third-order valence-electron chi connectivity index (χ3n) is 3.69. The van der Waals surface area contributed by atoms with Crippen molar-refractivity contribution in [3.63, 3.8) is 0 Å². The van der Waals surface area contributed by atoms with Crippen molar-refractivity contribution < 1.29 is 0 Å². The molecule has 0 radical (unpaired) electrons. The van der Waals surface area contributed by atoms with E-state index in [2.05, 4.69) is 36.9 Å². The summed E-state index contributed by atoms with van der Waals surface area (Å²) in [6.45, 7) is 6.20. The first-order valence-electron chi connectivity index (χ1n) is 6.69. The zero-order valence-electron chi connectivity index (χ0n) is 11.4. The van der Waals surface area contributed by atoms with Gasteiger partial charge in [0.15, 0.2) is 0 Å². The van der Waals surface area contributed by atoms with Crippen molar-refractivity contribution in [1.82, 2.24) is 4.90 Å². The van der Waals surface area contributed by atoms with Gasteiger partial charge in [0.2, 0.25) is 0 Å². The summed E-state index contributed by atoms with van der Waals surface area (Å²) in [5, 5.41) is 7.34. The fourth-order valence-corrected chi connectivity index (χ4v) is 2.23. The van der Waals surface area contributed by atoms with Crippen LogP contribution in [0.25, 0.3) is 0 Å². The van der Waals surface area contributed by atoms with Crippen LogP contribution >= 0.6 is 0 Å². The minimum Gasteiger partial charge on any atom is -0.388 e. The summed E-state index contributed by atoms with van der Waals surface area (Å²) in [4.78, 5) is 2.46. The van der Waals surface area contributed by atoms with Crippen LogP contribution in [0.5, 0.6) is 0 Å². The Morgan fingerprint density at radius 2 is 2.06 bits per heavy atom. The number of nitrogens with two attached hydrogens (primary N) is 1. The van der Waals surface area contributed by atoms with Crippen LogP contribution in [-0.4, -0.2) is 23.3 Å². The molecule has 1 aliphatic carbocycles. The Bertz CT molecular complexity index is 435. The largest absolute Gasteiger partial charge is 0.388 e. The second-order valence-electron chi connectivity index (χ2n) is 5.40. The summed E-state index contributed by atoms with van der Waals surface area (Å²) in [6.07, 6.45) is 3.27. The van der Waals surface area contributed by atoms with Crippen LogP contribution < -0.4 is 5.73 Å². The van der Waals surface area contributed by atoms with E-state index in [1.165, 1.54) is 29.5 Å². The van der Waals surface area contributed by atoms with E-state index in [-0.39, 0.29) is 0 Å². The highest BCUT2D eigenvalue weighted by Gasteiger charge is 2.28. The molecule has 1 saturated carbocycles. The molecule has 18 heavy (non-hydrogen) atoms. The van der Waals surface area contributed by atoms with E-state index < -0.39 is 0 Å². The average molecular weight is 245 g/mol. The van der Waals surface area contributed by atoms with Crippen molar-refractivity contribution in [2.24, 2.45) is 5.73 Å². The van der Waals surface area contributed by atoms with E-state index in [0.717, 1.165) is 13.1 Å². The van der Waals surface area contributed by atoms with Crippen molar-refractivity contribution in [1.29, 1.82) is 5.41 Å². The monoisotopic (exact) mass is 245 g/mol. The predicted molar refractivity (Wildman–Crippen MR) is 75.9 cm³/mol. The van der Waals surface area contributed by atoms with E-state index in [9.17, 15) is 0 Å². The average Bonchev–Trinajstić information content (AvgIpc) is 3.13. The molecule has 0 aromatic heterocycles. The smallest absolute Gasteiger partial charge is 0.0918 e. The molecule has 0 atom stereocenters. The van der Waals surface area contributed by atoms with Crippen molar-refractivity contribution >= 4 is 5.84 Å². The van der Waals surface area contributed by atoms with Crippen LogP contribution in [0.4, 0.5) is 0 Å². The molecule has 0 spiro atoms. The van der Waals surface area contributed by atoms with Crippen LogP contribution in [0.15, 0.2) is 18.2 Å². The van der Waals surface area contributed by atoms with Crippen molar-refractivity contribution in [2.45, 2.75) is 45.7 Å². The highest BCUT2D eigenvalue weighted by Crippen LogP contribution is 2.28. The first-order valence-corrected chi connectivity index (χ1v) is 6.69. The van der Waals surface area contributed by atoms with Gasteiger partial charge >= 0.3 is 0 Å². The lowest BCUT2D eigenvalue weighted by molar-refractivity contribution is 0.262. The second kappa shape index (κ2) is 5.53. The highest BCUT2D eigenvalue weighted by molar-refractivity contribution is 5.76. The van der Waals surface area contributed by atoms with E-state index >= 15 is 0 Å². The van der Waals surface area contributed by atoms with Gasteiger partial charge in [0.1, 0.15) is 0 Å². The number of rotatable bonds is 6. The lowest BCUT2D eigenvalue weighted by atomic mass is 10.1. The van der Waals surface area contributed by atoms with Gasteiger partial charge in [-0.15, -0.1) is 0 Å². The van der Waals surface area contributed by atoms with Crippen LogP contribution in [0.1, 0.15) is 36.0 Å². The number of hydrogen-bond donors (Lipinski definition) is 2. The molecule has 0 saturated heterocycles. The SMILES string of the molecule is Cc1ccc(CN(CCC(=N)N)C2CC2)cc1C. The molecule has 3 N–H and O–H groups in total. The Morgan fingerprint density at radius 3 is 2.61 bits per heavy atom. The third-order valence-corrected chi connectivity index (χ3v) is 3.69. The zero-order valence-corrected chi connectivity index (χ0v) is 11.4. The highest BCUT2D eigenvalue weighted by atomic mass is 15.2. The van der Waals surface area contributed by atoms with Gasteiger partial charge in [0.25, 0.3) is 0 Å². The molecule has 0 bridgehead atoms. The molecule has 3 heteroatoms. The Kier molecular flexibility index (Phi) is 4.02. The van der Waals surface area contributed by atoms with Crippen LogP contribution in [-0.2, 0) is 6.54 Å². The number of aryl methyl sites for hydroxylation is 2. The fourth-order valence-electron chi connectivity index (χ4n) is 2.23. The minimum absolute atomic E-state index is 0.292. The summed E-state index contributed by atoms with van der Waals surface area (Å²) in [5.41, 5.74) is 9.53. The summed E-state index contributed by atoms with van der Waals surface area (Å²) >= 11 is 0. The number of benzene rings is 1. The fraction of sp³-hybridized carbons (Fsp3) is 0.533. The van der Waals surface area contributed by atoms with E-state index in [1.54, 1.807) is 0 Å². The number of amidine groups is 1. The van der Waals surface area contributed by atoms with Gasteiger partial charge in [-0.1, -0.05) is 18.2 Å². The maximum Gasteiger partial charge on any atom is 0.0918 e. The van der Waals surface area contributed by atoms with Crippen LogP contribution in [0.3, 0.4) is 0 Å². The quantitative estimate of drug-likeness (QED) is 0.598. The van der Waals surface area contributed by atoms with Crippen LogP contribution in [0, 0.1) is 19.3 Å². The molecule has 0 unspecified atom stereocenters. The Labute approximate surface area is 109 Å². The first kappa shape index (κ1) is 13.1. The Hall–Kier alpha value is -1.35. The number of nitrogens with zero attached hydrogens (tertiary/aromatic N) is 1. The Morgan fingerprint density at radius 1 is 1.33 bits per heavy atom. The first-order chi connectivity index (χ1) is 8.56. The lowest BCUT2D eigenvalue weighted by Gasteiger charge is -2.22. The molecule has 1 aromatic carbocycles.